The number of rotatable bonds is 6. The lowest BCUT2D eigenvalue weighted by molar-refractivity contribution is 0.0651. The van der Waals surface area contributed by atoms with E-state index < -0.39 is 46.1 Å². The lowest BCUT2D eigenvalue weighted by Gasteiger charge is -2.13. The van der Waals surface area contributed by atoms with Crippen LogP contribution in [0.25, 0.3) is 5.57 Å². The molecule has 0 fully saturated rings. The first-order valence-corrected chi connectivity index (χ1v) is 8.07. The van der Waals surface area contributed by atoms with E-state index in [0.29, 0.717) is 0 Å². The average Bonchev–Trinajstić information content (AvgIpc) is 2.60. The van der Waals surface area contributed by atoms with E-state index >= 15 is 0 Å². The molecule has 0 radical (unpaired) electrons. The standard InChI is InChI=1S/C18H10Cl2O8/c19-14(20)13(7-1-3-9(15(21)22)11(5-7)17(25)26)8-2-4-10(16(23)24)12(6-8)18(27)28/h1-6H,(H,21,22)(H,23,24)(H,25,26)(H,27,28). The van der Waals surface area contributed by atoms with Gasteiger partial charge in [0.2, 0.25) is 0 Å². The molecule has 8 nitrogen and oxygen atoms in total. The van der Waals surface area contributed by atoms with E-state index in [2.05, 4.69) is 0 Å². The molecule has 0 amide bonds. The minimum atomic E-state index is -1.50. The molecule has 144 valence electrons. The molecule has 0 aliphatic carbocycles. The van der Waals surface area contributed by atoms with E-state index in [1.165, 1.54) is 12.1 Å². The summed E-state index contributed by atoms with van der Waals surface area (Å²) in [5, 5.41) is 36.7. The van der Waals surface area contributed by atoms with E-state index in [-0.39, 0.29) is 21.2 Å². The molecule has 2 rings (SSSR count). The molecule has 0 aliphatic heterocycles. The van der Waals surface area contributed by atoms with Crippen LogP contribution in [0.3, 0.4) is 0 Å². The third kappa shape index (κ3) is 4.13. The van der Waals surface area contributed by atoms with Crippen LogP contribution < -0.4 is 0 Å². The van der Waals surface area contributed by atoms with Crippen molar-refractivity contribution in [3.8, 4) is 0 Å². The van der Waals surface area contributed by atoms with Gasteiger partial charge in [-0.05, 0) is 35.4 Å². The second-order valence-corrected chi connectivity index (χ2v) is 6.33. The maximum absolute atomic E-state index is 11.4. The van der Waals surface area contributed by atoms with Gasteiger partial charge in [-0.2, -0.15) is 0 Å². The van der Waals surface area contributed by atoms with Crippen LogP contribution >= 0.6 is 23.2 Å². The van der Waals surface area contributed by atoms with Crippen LogP contribution in [0.15, 0.2) is 40.9 Å². The quantitative estimate of drug-likeness (QED) is 0.548. The maximum atomic E-state index is 11.4. The summed E-state index contributed by atoms with van der Waals surface area (Å²) in [6, 6.07) is 6.64. The van der Waals surface area contributed by atoms with Gasteiger partial charge in [-0.25, -0.2) is 19.2 Å². The largest absolute Gasteiger partial charge is 0.478 e. The Labute approximate surface area is 166 Å². The van der Waals surface area contributed by atoms with E-state index in [9.17, 15) is 29.4 Å². The predicted octanol–water partition coefficient (Wildman–Crippen LogP) is 3.67. The third-order valence-corrected chi connectivity index (χ3v) is 4.11. The van der Waals surface area contributed by atoms with Gasteiger partial charge in [0.25, 0.3) is 0 Å². The second-order valence-electron chi connectivity index (χ2n) is 5.38. The third-order valence-electron chi connectivity index (χ3n) is 3.73. The monoisotopic (exact) mass is 424 g/mol. The van der Waals surface area contributed by atoms with Crippen LogP contribution in [0.5, 0.6) is 0 Å². The smallest absolute Gasteiger partial charge is 0.336 e. The summed E-state index contributed by atoms with van der Waals surface area (Å²) >= 11 is 11.8. The van der Waals surface area contributed by atoms with Crippen molar-refractivity contribution in [1.29, 1.82) is 0 Å². The molecule has 0 saturated carbocycles. The van der Waals surface area contributed by atoms with Crippen LogP contribution in [0, 0.1) is 0 Å². The van der Waals surface area contributed by atoms with Gasteiger partial charge in [-0.3, -0.25) is 0 Å². The molecule has 0 aliphatic rings. The van der Waals surface area contributed by atoms with E-state index in [1.54, 1.807) is 0 Å². The van der Waals surface area contributed by atoms with Crippen molar-refractivity contribution in [1.82, 2.24) is 0 Å². The summed E-state index contributed by atoms with van der Waals surface area (Å²) in [4.78, 5) is 45.1. The zero-order chi connectivity index (χ0) is 21.2. The van der Waals surface area contributed by atoms with Gasteiger partial charge in [0, 0.05) is 5.57 Å². The SMILES string of the molecule is O=C(O)c1ccc(C(=C(Cl)Cl)c2ccc(C(=O)O)c(C(=O)O)c2)cc1C(=O)O. The average molecular weight is 425 g/mol. The predicted molar refractivity (Wildman–Crippen MR) is 98.4 cm³/mol. The minimum Gasteiger partial charge on any atom is -0.478 e. The summed E-state index contributed by atoms with van der Waals surface area (Å²) in [5.41, 5.74) is -1.79. The van der Waals surface area contributed by atoms with Crippen molar-refractivity contribution in [3.05, 3.63) is 74.3 Å². The molecule has 10 heteroatoms. The molecule has 2 aromatic carbocycles. The van der Waals surface area contributed by atoms with Crippen LogP contribution in [0.2, 0.25) is 0 Å². The summed E-state index contributed by atoms with van der Waals surface area (Å²) < 4.78 is -0.362. The van der Waals surface area contributed by atoms with Crippen molar-refractivity contribution >= 4 is 52.7 Å². The van der Waals surface area contributed by atoms with Crippen LogP contribution in [0.1, 0.15) is 52.6 Å². The number of aromatic carboxylic acids is 4. The summed E-state index contributed by atoms with van der Waals surface area (Å²) in [7, 11) is 0. The zero-order valence-electron chi connectivity index (χ0n) is 13.6. The Kier molecular flexibility index (Phi) is 6.07. The highest BCUT2D eigenvalue weighted by atomic mass is 35.5. The minimum absolute atomic E-state index is 0.00205. The van der Waals surface area contributed by atoms with Crippen LogP contribution in [0.4, 0.5) is 0 Å². The maximum Gasteiger partial charge on any atom is 0.336 e. The molecule has 4 N–H and O–H groups in total. The Hall–Kier alpha value is -3.36. The van der Waals surface area contributed by atoms with Gasteiger partial charge in [0.1, 0.15) is 4.49 Å². The molecule has 0 unspecified atom stereocenters. The molecule has 0 heterocycles. The van der Waals surface area contributed by atoms with Crippen molar-refractivity contribution < 1.29 is 39.6 Å². The number of carboxylic acids is 4. The van der Waals surface area contributed by atoms with Gasteiger partial charge < -0.3 is 20.4 Å². The molecule has 0 aromatic heterocycles. The fourth-order valence-electron chi connectivity index (χ4n) is 2.51. The van der Waals surface area contributed by atoms with Gasteiger partial charge in [0.15, 0.2) is 0 Å². The highest BCUT2D eigenvalue weighted by Gasteiger charge is 2.22. The molecule has 0 bridgehead atoms. The Bertz CT molecular complexity index is 974. The van der Waals surface area contributed by atoms with Crippen LogP contribution in [-0.2, 0) is 0 Å². The summed E-state index contributed by atoms with van der Waals surface area (Å²) in [5.74, 6) is -5.91. The number of hydrogen-bond donors (Lipinski definition) is 4. The van der Waals surface area contributed by atoms with Gasteiger partial charge in [-0.15, -0.1) is 0 Å². The molecule has 0 saturated heterocycles. The van der Waals surface area contributed by atoms with E-state index in [0.717, 1.165) is 24.3 Å². The fraction of sp³-hybridized carbons (Fsp3) is 0. The molecule has 28 heavy (non-hydrogen) atoms. The molecule has 0 atom stereocenters. The number of benzene rings is 2. The van der Waals surface area contributed by atoms with Crippen molar-refractivity contribution in [2.45, 2.75) is 0 Å². The van der Waals surface area contributed by atoms with Crippen molar-refractivity contribution in [2.75, 3.05) is 0 Å². The van der Waals surface area contributed by atoms with E-state index in [4.69, 9.17) is 33.4 Å². The topological polar surface area (TPSA) is 149 Å². The van der Waals surface area contributed by atoms with Gasteiger partial charge >= 0.3 is 23.9 Å². The summed E-state index contributed by atoms with van der Waals surface area (Å²) in [6.45, 7) is 0. The molecular weight excluding hydrogens is 415 g/mol. The van der Waals surface area contributed by atoms with E-state index in [1.807, 2.05) is 0 Å². The number of halogens is 2. The Morgan fingerprint density at radius 1 is 0.571 bits per heavy atom. The van der Waals surface area contributed by atoms with Gasteiger partial charge in [0.05, 0.1) is 22.3 Å². The first kappa shape index (κ1) is 20.9. The van der Waals surface area contributed by atoms with Crippen LogP contribution in [-0.4, -0.2) is 44.3 Å². The Balaban J connectivity index is 2.74. The number of hydrogen-bond acceptors (Lipinski definition) is 4. The molecular formula is C18H10Cl2O8. The highest BCUT2D eigenvalue weighted by Crippen LogP contribution is 2.33. The molecule has 0 spiro atoms. The lowest BCUT2D eigenvalue weighted by Crippen LogP contribution is -2.10. The Morgan fingerprint density at radius 2 is 0.893 bits per heavy atom. The zero-order valence-corrected chi connectivity index (χ0v) is 15.2. The molecule has 2 aromatic rings. The van der Waals surface area contributed by atoms with Crippen molar-refractivity contribution in [3.63, 3.8) is 0 Å². The normalized spacial score (nSPS) is 10.2. The first-order chi connectivity index (χ1) is 13.0. The van der Waals surface area contributed by atoms with Crippen molar-refractivity contribution in [2.24, 2.45) is 0 Å². The Morgan fingerprint density at radius 3 is 1.14 bits per heavy atom. The first-order valence-electron chi connectivity index (χ1n) is 7.31. The fourth-order valence-corrected chi connectivity index (χ4v) is 2.95. The highest BCUT2D eigenvalue weighted by molar-refractivity contribution is 6.59. The summed E-state index contributed by atoms with van der Waals surface area (Å²) in [6.07, 6.45) is 0. The number of carbonyl (C=O) groups is 4. The lowest BCUT2D eigenvalue weighted by atomic mass is 9.93. The number of carboxylic acid groups (broad SMARTS) is 4. The second kappa shape index (κ2) is 8.12. The van der Waals surface area contributed by atoms with Gasteiger partial charge in [-0.1, -0.05) is 35.3 Å².